The van der Waals surface area contributed by atoms with Crippen LogP contribution in [0.3, 0.4) is 0 Å². The van der Waals surface area contributed by atoms with Crippen molar-refractivity contribution in [3.8, 4) is 0 Å². The zero-order chi connectivity index (χ0) is 30.6. The van der Waals surface area contributed by atoms with Gasteiger partial charge in [-0.15, -0.1) is 0 Å². The van der Waals surface area contributed by atoms with Crippen LogP contribution in [0.15, 0.2) is 46.6 Å². The fraction of sp³-hybridized carbons (Fsp3) is 0.625. The number of amides is 2. The van der Waals surface area contributed by atoms with Crippen LogP contribution in [0.2, 0.25) is 0 Å². The molecule has 40 heavy (non-hydrogen) atoms. The van der Waals surface area contributed by atoms with Gasteiger partial charge in [-0.2, -0.15) is 0 Å². The maximum atomic E-state index is 13.2. The second-order valence-corrected chi connectivity index (χ2v) is 11.6. The highest BCUT2D eigenvalue weighted by Gasteiger charge is 2.64. The summed E-state index contributed by atoms with van der Waals surface area (Å²) in [7, 11) is 3.11. The van der Waals surface area contributed by atoms with Crippen LogP contribution in [-0.2, 0) is 19.2 Å². The van der Waals surface area contributed by atoms with Crippen LogP contribution in [0, 0.1) is 23.7 Å². The number of hydrogen-bond donors (Lipinski definition) is 2. The molecule has 224 valence electrons. The van der Waals surface area contributed by atoms with Crippen molar-refractivity contribution in [1.29, 1.82) is 0 Å². The van der Waals surface area contributed by atoms with Gasteiger partial charge in [0, 0.05) is 27.2 Å². The van der Waals surface area contributed by atoms with Crippen molar-refractivity contribution >= 4 is 23.8 Å². The van der Waals surface area contributed by atoms with Crippen molar-refractivity contribution in [2.24, 2.45) is 23.7 Å². The molecule has 0 saturated heterocycles. The van der Waals surface area contributed by atoms with Crippen LogP contribution in [-0.4, -0.2) is 71.0 Å². The summed E-state index contributed by atoms with van der Waals surface area (Å²) >= 11 is 0. The molecule has 8 heteroatoms. The third-order valence-corrected chi connectivity index (χ3v) is 7.54. The number of hydrogen-bond acceptors (Lipinski definition) is 4. The first-order chi connectivity index (χ1) is 18.7. The smallest absolute Gasteiger partial charge is 0.308 e. The van der Waals surface area contributed by atoms with Crippen LogP contribution in [0.25, 0.3) is 0 Å². The van der Waals surface area contributed by atoms with E-state index >= 15 is 0 Å². The highest BCUT2D eigenvalue weighted by molar-refractivity contribution is 5.99. The van der Waals surface area contributed by atoms with E-state index in [-0.39, 0.29) is 0 Å². The van der Waals surface area contributed by atoms with E-state index in [0.717, 1.165) is 25.7 Å². The topological polar surface area (TPSA) is 115 Å². The molecule has 1 aliphatic carbocycles. The van der Waals surface area contributed by atoms with Gasteiger partial charge >= 0.3 is 11.9 Å². The summed E-state index contributed by atoms with van der Waals surface area (Å²) in [5, 5.41) is 19.8. The number of carbonyl (C=O) groups is 4. The molecule has 2 amide bonds. The first-order valence-electron chi connectivity index (χ1n) is 14.2. The Morgan fingerprint density at radius 1 is 0.550 bits per heavy atom. The standard InChI is InChI=1S/C32H50N2O6/c1-21(2)13-9-15-23(5)17-11-19-33(7)29(35)25-27(31(37)38)26(28(25)32(39)40)30(36)34(8)20-12-18-24(6)16-10-14-22(3)4/h13-14,17-18,25-28H,9-12,15-16,19-20H2,1-8H3,(H,37,38)(H,39,40). The Labute approximate surface area is 240 Å². The highest BCUT2D eigenvalue weighted by Crippen LogP contribution is 2.48. The Morgan fingerprint density at radius 3 is 1.15 bits per heavy atom. The van der Waals surface area contributed by atoms with E-state index < -0.39 is 47.4 Å². The van der Waals surface area contributed by atoms with Gasteiger partial charge in [0.15, 0.2) is 0 Å². The van der Waals surface area contributed by atoms with Crippen LogP contribution < -0.4 is 0 Å². The van der Waals surface area contributed by atoms with Gasteiger partial charge in [-0.3, -0.25) is 19.2 Å². The molecule has 0 aromatic carbocycles. The van der Waals surface area contributed by atoms with Gasteiger partial charge in [-0.05, 0) is 80.1 Å². The highest BCUT2D eigenvalue weighted by atomic mass is 16.4. The molecular weight excluding hydrogens is 508 g/mol. The zero-order valence-corrected chi connectivity index (χ0v) is 25.7. The van der Waals surface area contributed by atoms with Gasteiger partial charge in [0.2, 0.25) is 11.8 Å². The van der Waals surface area contributed by atoms with Crippen molar-refractivity contribution in [2.75, 3.05) is 27.2 Å². The minimum absolute atomic E-state index is 0.339. The lowest BCUT2D eigenvalue weighted by atomic mass is 9.55. The van der Waals surface area contributed by atoms with Crippen molar-refractivity contribution in [3.63, 3.8) is 0 Å². The normalized spacial score (nSPS) is 20.7. The summed E-state index contributed by atoms with van der Waals surface area (Å²) in [4.78, 5) is 53.6. The summed E-state index contributed by atoms with van der Waals surface area (Å²) < 4.78 is 0. The number of rotatable bonds is 16. The van der Waals surface area contributed by atoms with Gasteiger partial charge in [0.05, 0.1) is 23.7 Å². The molecule has 2 N–H and O–H groups in total. The predicted molar refractivity (Wildman–Crippen MR) is 159 cm³/mol. The molecule has 1 saturated carbocycles. The number of carboxylic acids is 2. The Balaban J connectivity index is 2.85. The van der Waals surface area contributed by atoms with Gasteiger partial charge in [-0.1, -0.05) is 46.6 Å². The molecule has 1 aliphatic rings. The van der Waals surface area contributed by atoms with Crippen LogP contribution in [0.4, 0.5) is 0 Å². The van der Waals surface area contributed by atoms with Crippen molar-refractivity contribution in [2.45, 2.75) is 80.1 Å². The summed E-state index contributed by atoms with van der Waals surface area (Å²) in [6, 6.07) is 0. The third-order valence-electron chi connectivity index (χ3n) is 7.54. The third kappa shape index (κ3) is 10.8. The van der Waals surface area contributed by atoms with E-state index in [1.165, 1.54) is 32.1 Å². The predicted octanol–water partition coefficient (Wildman–Crippen LogP) is 5.72. The summed E-state index contributed by atoms with van der Waals surface area (Å²) in [6.45, 7) is 13.0. The minimum atomic E-state index is -1.37. The molecule has 0 bridgehead atoms. The first-order valence-corrected chi connectivity index (χ1v) is 14.2. The molecule has 0 atom stereocenters. The number of allylic oxidation sites excluding steroid dienone is 6. The largest absolute Gasteiger partial charge is 0.481 e. The molecule has 1 fully saturated rings. The van der Waals surface area contributed by atoms with E-state index in [9.17, 15) is 29.4 Å². The van der Waals surface area contributed by atoms with Crippen molar-refractivity contribution in [1.82, 2.24) is 9.80 Å². The lowest BCUT2D eigenvalue weighted by Gasteiger charge is -2.47. The molecule has 0 unspecified atom stereocenters. The van der Waals surface area contributed by atoms with Crippen LogP contribution in [0.5, 0.6) is 0 Å². The average Bonchev–Trinajstić information content (AvgIpc) is 2.81. The molecule has 0 radical (unpaired) electrons. The first kappa shape index (κ1) is 34.9. The lowest BCUT2D eigenvalue weighted by molar-refractivity contribution is -0.186. The Kier molecular flexibility index (Phi) is 14.7. The fourth-order valence-corrected chi connectivity index (χ4v) is 5.10. The zero-order valence-electron chi connectivity index (χ0n) is 25.7. The Morgan fingerprint density at radius 2 is 0.875 bits per heavy atom. The lowest BCUT2D eigenvalue weighted by Crippen LogP contribution is -2.63. The maximum absolute atomic E-state index is 13.2. The summed E-state index contributed by atoms with van der Waals surface area (Å²) in [5.74, 6) is -9.01. The quantitative estimate of drug-likeness (QED) is 0.234. The minimum Gasteiger partial charge on any atom is -0.481 e. The van der Waals surface area contributed by atoms with Crippen LogP contribution in [0.1, 0.15) is 80.1 Å². The van der Waals surface area contributed by atoms with E-state index in [0.29, 0.717) is 25.9 Å². The second-order valence-electron chi connectivity index (χ2n) is 11.6. The number of nitrogens with zero attached hydrogens (tertiary/aromatic N) is 2. The Hall–Kier alpha value is -3.16. The molecule has 0 spiro atoms. The molecular formula is C32H50N2O6. The van der Waals surface area contributed by atoms with Crippen molar-refractivity contribution < 1.29 is 29.4 Å². The molecule has 0 heterocycles. The second kappa shape index (κ2) is 16.8. The van der Waals surface area contributed by atoms with Crippen LogP contribution >= 0.6 is 0 Å². The Bertz CT molecular complexity index is 940. The van der Waals surface area contributed by atoms with Crippen molar-refractivity contribution in [3.05, 3.63) is 46.6 Å². The summed E-state index contributed by atoms with van der Waals surface area (Å²) in [5.41, 5.74) is 4.92. The van der Waals surface area contributed by atoms with E-state index in [4.69, 9.17) is 0 Å². The maximum Gasteiger partial charge on any atom is 0.308 e. The fourth-order valence-electron chi connectivity index (χ4n) is 5.10. The number of carboxylic acid groups (broad SMARTS) is 2. The molecule has 0 aromatic heterocycles. The van der Waals surface area contributed by atoms with Gasteiger partial charge < -0.3 is 20.0 Å². The molecule has 0 aromatic rings. The number of carbonyl (C=O) groups excluding carboxylic acids is 2. The molecule has 1 rings (SSSR count). The molecule has 0 aliphatic heterocycles. The summed E-state index contributed by atoms with van der Waals surface area (Å²) in [6.07, 6.45) is 13.3. The van der Waals surface area contributed by atoms with E-state index in [1.54, 1.807) is 14.1 Å². The SMILES string of the molecule is CC(C)=CCCC(C)=CCCN(C)C(=O)C1C(C(=O)O)C(C(=O)N(C)CCC=C(C)CCC=C(C)C)C1C(=O)O. The van der Waals surface area contributed by atoms with Gasteiger partial charge in [-0.25, -0.2) is 0 Å². The average molecular weight is 559 g/mol. The van der Waals surface area contributed by atoms with Gasteiger partial charge in [0.1, 0.15) is 0 Å². The van der Waals surface area contributed by atoms with E-state index in [1.807, 2.05) is 26.0 Å². The monoisotopic (exact) mass is 558 g/mol. The van der Waals surface area contributed by atoms with Gasteiger partial charge in [0.25, 0.3) is 0 Å². The molecule has 8 nitrogen and oxygen atoms in total. The van der Waals surface area contributed by atoms with E-state index in [2.05, 4.69) is 39.8 Å². The number of aliphatic carboxylic acids is 2.